The van der Waals surface area contributed by atoms with Crippen molar-refractivity contribution < 1.29 is 17.9 Å². The normalized spacial score (nSPS) is 15.3. The average molecular weight is 275 g/mol. The minimum atomic E-state index is -4.35. The van der Waals surface area contributed by atoms with Gasteiger partial charge in [0.2, 0.25) is 0 Å². The van der Waals surface area contributed by atoms with Crippen LogP contribution in [0, 0.1) is 0 Å². The van der Waals surface area contributed by atoms with Crippen LogP contribution in [0.3, 0.4) is 0 Å². The molecule has 1 N–H and O–H groups in total. The van der Waals surface area contributed by atoms with E-state index in [9.17, 15) is 13.2 Å². The molecule has 2 nitrogen and oxygen atoms in total. The zero-order valence-corrected chi connectivity index (χ0v) is 11.4. The van der Waals surface area contributed by atoms with E-state index in [1.54, 1.807) is 13.1 Å². The second-order valence-corrected chi connectivity index (χ2v) is 4.41. The SMILES string of the molecule is CCCC(OC)C(NC)c1ccccc1C(F)(F)F. The van der Waals surface area contributed by atoms with Crippen molar-refractivity contribution in [1.29, 1.82) is 0 Å². The third kappa shape index (κ3) is 3.94. The van der Waals surface area contributed by atoms with Crippen LogP contribution in [0.15, 0.2) is 24.3 Å². The lowest BCUT2D eigenvalue weighted by molar-refractivity contribution is -0.138. The molecule has 0 heterocycles. The average Bonchev–Trinajstić information content (AvgIpc) is 2.38. The number of ether oxygens (including phenoxy) is 1. The minimum absolute atomic E-state index is 0.234. The summed E-state index contributed by atoms with van der Waals surface area (Å²) in [5.41, 5.74) is -0.370. The molecule has 0 bridgehead atoms. The number of nitrogens with one attached hydrogen (secondary N) is 1. The van der Waals surface area contributed by atoms with E-state index in [2.05, 4.69) is 5.32 Å². The highest BCUT2D eigenvalue weighted by atomic mass is 19.4. The fourth-order valence-electron chi connectivity index (χ4n) is 2.27. The molecule has 0 saturated carbocycles. The number of rotatable bonds is 6. The highest BCUT2D eigenvalue weighted by Crippen LogP contribution is 2.36. The number of hydrogen-bond acceptors (Lipinski definition) is 2. The summed E-state index contributed by atoms with van der Waals surface area (Å²) in [6.45, 7) is 1.98. The van der Waals surface area contributed by atoms with E-state index in [1.165, 1.54) is 19.2 Å². The summed E-state index contributed by atoms with van der Waals surface area (Å²) >= 11 is 0. The maximum absolute atomic E-state index is 13.0. The van der Waals surface area contributed by atoms with Crippen LogP contribution in [0.1, 0.15) is 36.9 Å². The Labute approximate surface area is 112 Å². The van der Waals surface area contributed by atoms with Crippen LogP contribution in [0.2, 0.25) is 0 Å². The number of benzene rings is 1. The highest BCUT2D eigenvalue weighted by Gasteiger charge is 2.36. The van der Waals surface area contributed by atoms with Gasteiger partial charge in [-0.1, -0.05) is 31.5 Å². The van der Waals surface area contributed by atoms with Crippen LogP contribution in [0.25, 0.3) is 0 Å². The Morgan fingerprint density at radius 1 is 1.26 bits per heavy atom. The maximum atomic E-state index is 13.0. The van der Waals surface area contributed by atoms with Crippen LogP contribution in [-0.2, 0) is 10.9 Å². The molecule has 5 heteroatoms. The van der Waals surface area contributed by atoms with Crippen molar-refractivity contribution in [2.75, 3.05) is 14.2 Å². The number of hydrogen-bond donors (Lipinski definition) is 1. The van der Waals surface area contributed by atoms with E-state index in [-0.39, 0.29) is 11.7 Å². The van der Waals surface area contributed by atoms with Gasteiger partial charge in [0.05, 0.1) is 17.7 Å². The van der Waals surface area contributed by atoms with Crippen LogP contribution < -0.4 is 5.32 Å². The number of halogens is 3. The van der Waals surface area contributed by atoms with Crippen LogP contribution in [0.5, 0.6) is 0 Å². The summed E-state index contributed by atoms with van der Waals surface area (Å²) in [6, 6.07) is 5.17. The zero-order valence-electron chi connectivity index (χ0n) is 11.4. The lowest BCUT2D eigenvalue weighted by atomic mass is 9.93. The van der Waals surface area contributed by atoms with E-state index in [1.807, 2.05) is 6.92 Å². The molecule has 108 valence electrons. The van der Waals surface area contributed by atoms with Crippen molar-refractivity contribution in [2.24, 2.45) is 0 Å². The van der Waals surface area contributed by atoms with Gasteiger partial charge in [-0.3, -0.25) is 0 Å². The summed E-state index contributed by atoms with van der Waals surface area (Å²) in [4.78, 5) is 0. The van der Waals surface area contributed by atoms with E-state index >= 15 is 0 Å². The first-order valence-corrected chi connectivity index (χ1v) is 6.31. The third-order valence-corrected chi connectivity index (χ3v) is 3.16. The lowest BCUT2D eigenvalue weighted by Gasteiger charge is -2.28. The summed E-state index contributed by atoms with van der Waals surface area (Å²) < 4.78 is 44.4. The fraction of sp³-hybridized carbons (Fsp3) is 0.571. The molecule has 1 aromatic rings. The van der Waals surface area contributed by atoms with Gasteiger partial charge in [-0.05, 0) is 25.1 Å². The van der Waals surface area contributed by atoms with Gasteiger partial charge in [0.15, 0.2) is 0 Å². The van der Waals surface area contributed by atoms with Gasteiger partial charge in [-0.15, -0.1) is 0 Å². The largest absolute Gasteiger partial charge is 0.416 e. The topological polar surface area (TPSA) is 21.3 Å². The molecule has 0 aliphatic heterocycles. The molecule has 2 atom stereocenters. The molecule has 0 radical (unpaired) electrons. The van der Waals surface area contributed by atoms with Crippen LogP contribution in [0.4, 0.5) is 13.2 Å². The standard InChI is InChI=1S/C14H20F3NO/c1-4-7-12(19-3)13(18-2)10-8-5-6-9-11(10)14(15,16)17/h5-6,8-9,12-13,18H,4,7H2,1-3H3. The summed E-state index contributed by atoms with van der Waals surface area (Å²) in [7, 11) is 3.18. The van der Waals surface area contributed by atoms with Gasteiger partial charge in [-0.2, -0.15) is 13.2 Å². The van der Waals surface area contributed by atoms with E-state index in [4.69, 9.17) is 4.74 Å². The van der Waals surface area contributed by atoms with Gasteiger partial charge in [0.25, 0.3) is 0 Å². The van der Waals surface area contributed by atoms with Gasteiger partial charge >= 0.3 is 6.18 Å². The molecule has 0 aliphatic carbocycles. The molecule has 1 aromatic carbocycles. The van der Waals surface area contributed by atoms with Crippen molar-refractivity contribution in [2.45, 2.75) is 38.1 Å². The van der Waals surface area contributed by atoms with Gasteiger partial charge in [0.1, 0.15) is 0 Å². The van der Waals surface area contributed by atoms with Crippen LogP contribution >= 0.6 is 0 Å². The molecule has 0 amide bonds. The van der Waals surface area contributed by atoms with E-state index in [0.717, 1.165) is 12.5 Å². The monoisotopic (exact) mass is 275 g/mol. The molecule has 0 spiro atoms. The Bertz CT molecular complexity index is 393. The Morgan fingerprint density at radius 2 is 1.89 bits per heavy atom. The van der Waals surface area contributed by atoms with Crippen LogP contribution in [-0.4, -0.2) is 20.3 Å². The van der Waals surface area contributed by atoms with Gasteiger partial charge in [0, 0.05) is 7.11 Å². The molecule has 0 saturated heterocycles. The van der Waals surface area contributed by atoms with Crippen molar-refractivity contribution in [3.8, 4) is 0 Å². The Kier molecular flexibility index (Phi) is 5.82. The van der Waals surface area contributed by atoms with Crippen molar-refractivity contribution in [3.05, 3.63) is 35.4 Å². The second kappa shape index (κ2) is 6.91. The Balaban J connectivity index is 3.17. The Morgan fingerprint density at radius 3 is 2.37 bits per heavy atom. The molecule has 0 fully saturated rings. The molecule has 2 unspecified atom stereocenters. The predicted octanol–water partition coefficient (Wildman–Crippen LogP) is 3.78. The van der Waals surface area contributed by atoms with Crippen molar-refractivity contribution >= 4 is 0 Å². The Hall–Kier alpha value is -1.07. The molecule has 0 aliphatic rings. The molecule has 1 rings (SSSR count). The molecular weight excluding hydrogens is 255 g/mol. The highest BCUT2D eigenvalue weighted by molar-refractivity contribution is 5.33. The number of alkyl halides is 3. The first kappa shape index (κ1) is 16.0. The first-order chi connectivity index (χ1) is 8.95. The molecule has 0 aromatic heterocycles. The molecule has 19 heavy (non-hydrogen) atoms. The number of likely N-dealkylation sites (N-methyl/N-ethyl adjacent to an activating group) is 1. The van der Waals surface area contributed by atoms with E-state index < -0.39 is 17.8 Å². The maximum Gasteiger partial charge on any atom is 0.416 e. The fourth-order valence-corrected chi connectivity index (χ4v) is 2.27. The van der Waals surface area contributed by atoms with Gasteiger partial charge in [-0.25, -0.2) is 0 Å². The van der Waals surface area contributed by atoms with Crippen molar-refractivity contribution in [1.82, 2.24) is 5.32 Å². The van der Waals surface area contributed by atoms with E-state index in [0.29, 0.717) is 6.42 Å². The summed E-state index contributed by atoms with van der Waals surface area (Å²) in [5, 5.41) is 2.94. The summed E-state index contributed by atoms with van der Waals surface area (Å²) in [6.07, 6.45) is -3.08. The lowest BCUT2D eigenvalue weighted by Crippen LogP contribution is -2.32. The second-order valence-electron chi connectivity index (χ2n) is 4.41. The summed E-state index contributed by atoms with van der Waals surface area (Å²) in [5.74, 6) is 0. The van der Waals surface area contributed by atoms with Crippen molar-refractivity contribution in [3.63, 3.8) is 0 Å². The van der Waals surface area contributed by atoms with Gasteiger partial charge < -0.3 is 10.1 Å². The quantitative estimate of drug-likeness (QED) is 0.853. The number of methoxy groups -OCH3 is 1. The third-order valence-electron chi connectivity index (χ3n) is 3.16. The smallest absolute Gasteiger partial charge is 0.379 e. The first-order valence-electron chi connectivity index (χ1n) is 6.31. The minimum Gasteiger partial charge on any atom is -0.379 e. The molecular formula is C14H20F3NO. The predicted molar refractivity (Wildman–Crippen MR) is 68.9 cm³/mol. The zero-order chi connectivity index (χ0) is 14.5.